The third-order valence-electron chi connectivity index (χ3n) is 5.20. The summed E-state index contributed by atoms with van der Waals surface area (Å²) < 4.78 is 10.7. The van der Waals surface area contributed by atoms with Crippen molar-refractivity contribution in [3.8, 4) is 5.75 Å². The summed E-state index contributed by atoms with van der Waals surface area (Å²) in [5.74, 6) is -0.829. The number of pyridine rings is 1. The lowest BCUT2D eigenvalue weighted by molar-refractivity contribution is -0.140. The summed E-state index contributed by atoms with van der Waals surface area (Å²) >= 11 is 0. The number of likely N-dealkylation sites (tertiary alicyclic amines) is 1. The number of ketones is 1. The van der Waals surface area contributed by atoms with Crippen molar-refractivity contribution in [3.05, 3.63) is 65.5 Å². The van der Waals surface area contributed by atoms with Crippen molar-refractivity contribution in [1.29, 1.82) is 0 Å². The van der Waals surface area contributed by atoms with Gasteiger partial charge in [-0.3, -0.25) is 14.6 Å². The monoisotopic (exact) mass is 424 g/mol. The van der Waals surface area contributed by atoms with Crippen LogP contribution in [-0.2, 0) is 14.3 Å². The van der Waals surface area contributed by atoms with Crippen LogP contribution in [-0.4, -0.2) is 53.5 Å². The molecule has 1 amide bonds. The number of benzene rings is 1. The fraction of sp³-hybridized carbons (Fsp3) is 0.375. The molecular formula is C24H28N2O5. The predicted molar refractivity (Wildman–Crippen MR) is 117 cm³/mol. The molecule has 31 heavy (non-hydrogen) atoms. The summed E-state index contributed by atoms with van der Waals surface area (Å²) in [6.07, 6.45) is 5.79. The van der Waals surface area contributed by atoms with Gasteiger partial charge in [-0.2, -0.15) is 0 Å². The average Bonchev–Trinajstić information content (AvgIpc) is 3.05. The third-order valence-corrected chi connectivity index (χ3v) is 5.20. The molecule has 7 nitrogen and oxygen atoms in total. The van der Waals surface area contributed by atoms with Crippen LogP contribution in [0.4, 0.5) is 0 Å². The number of Topliss-reactive ketones (excluding diaryl/α,β-unsaturated/α-hetero) is 1. The molecule has 1 aromatic carbocycles. The van der Waals surface area contributed by atoms with Crippen molar-refractivity contribution in [2.45, 2.75) is 32.2 Å². The Bertz CT molecular complexity index is 925. The Kier molecular flexibility index (Phi) is 7.78. The summed E-state index contributed by atoms with van der Waals surface area (Å²) in [6, 6.07) is 9.70. The van der Waals surface area contributed by atoms with Gasteiger partial charge < -0.3 is 19.5 Å². The minimum Gasteiger partial charge on any atom is -0.507 e. The second-order valence-corrected chi connectivity index (χ2v) is 7.35. The first-order valence-electron chi connectivity index (χ1n) is 10.5. The first-order valence-corrected chi connectivity index (χ1v) is 10.5. The van der Waals surface area contributed by atoms with E-state index in [0.29, 0.717) is 43.1 Å². The number of aromatic nitrogens is 1. The van der Waals surface area contributed by atoms with E-state index in [0.717, 1.165) is 12.8 Å². The smallest absolute Gasteiger partial charge is 0.295 e. The first kappa shape index (κ1) is 22.5. The molecule has 0 radical (unpaired) electrons. The van der Waals surface area contributed by atoms with Crippen molar-refractivity contribution in [3.63, 3.8) is 0 Å². The quantitative estimate of drug-likeness (QED) is 0.271. The molecule has 2 aromatic rings. The van der Waals surface area contributed by atoms with E-state index in [1.165, 1.54) is 4.90 Å². The first-order chi connectivity index (χ1) is 15.1. The molecule has 7 heteroatoms. The van der Waals surface area contributed by atoms with E-state index in [1.54, 1.807) is 55.9 Å². The highest BCUT2D eigenvalue weighted by Gasteiger charge is 2.45. The lowest BCUT2D eigenvalue weighted by atomic mass is 9.96. The molecule has 1 aromatic heterocycles. The number of rotatable bonds is 10. The largest absolute Gasteiger partial charge is 0.507 e. The highest BCUT2D eigenvalue weighted by Crippen LogP contribution is 2.39. The Morgan fingerprint density at radius 1 is 1.06 bits per heavy atom. The SMILES string of the molecule is CCCCOc1ccc(/C(O)=C2\C(=O)C(=O)N(CCCOC)C2c2ccncc2)cc1. The van der Waals surface area contributed by atoms with Crippen LogP contribution in [0.15, 0.2) is 54.4 Å². The number of amides is 1. The molecule has 164 valence electrons. The van der Waals surface area contributed by atoms with E-state index < -0.39 is 17.7 Å². The van der Waals surface area contributed by atoms with Crippen LogP contribution >= 0.6 is 0 Å². The highest BCUT2D eigenvalue weighted by atomic mass is 16.5. The molecule has 0 aliphatic carbocycles. The van der Waals surface area contributed by atoms with Gasteiger partial charge in [-0.1, -0.05) is 13.3 Å². The van der Waals surface area contributed by atoms with Crippen LogP contribution in [0.2, 0.25) is 0 Å². The molecule has 1 saturated heterocycles. The Labute approximate surface area is 182 Å². The van der Waals surface area contributed by atoms with Gasteiger partial charge in [0.1, 0.15) is 11.5 Å². The van der Waals surface area contributed by atoms with E-state index in [-0.39, 0.29) is 11.3 Å². The maximum Gasteiger partial charge on any atom is 0.295 e. The number of hydrogen-bond donors (Lipinski definition) is 1. The minimum absolute atomic E-state index is 0.0771. The van der Waals surface area contributed by atoms with Gasteiger partial charge >= 0.3 is 0 Å². The molecule has 3 rings (SSSR count). The Morgan fingerprint density at radius 2 is 1.77 bits per heavy atom. The van der Waals surface area contributed by atoms with Crippen LogP contribution in [0, 0.1) is 0 Å². The molecule has 0 saturated carbocycles. The van der Waals surface area contributed by atoms with E-state index >= 15 is 0 Å². The second kappa shape index (κ2) is 10.7. The molecule has 1 unspecified atom stereocenters. The van der Waals surface area contributed by atoms with Crippen molar-refractivity contribution in [1.82, 2.24) is 9.88 Å². The lowest BCUT2D eigenvalue weighted by Crippen LogP contribution is -2.31. The molecule has 1 aliphatic rings. The molecule has 1 N–H and O–H groups in total. The molecular weight excluding hydrogens is 396 g/mol. The maximum absolute atomic E-state index is 12.9. The van der Waals surface area contributed by atoms with Gasteiger partial charge in [0.05, 0.1) is 18.2 Å². The van der Waals surface area contributed by atoms with E-state index in [4.69, 9.17) is 9.47 Å². The Morgan fingerprint density at radius 3 is 2.42 bits per heavy atom. The summed E-state index contributed by atoms with van der Waals surface area (Å²) in [5, 5.41) is 11.0. The van der Waals surface area contributed by atoms with Crippen LogP contribution in [0.1, 0.15) is 43.4 Å². The number of carbonyl (C=O) groups is 2. The fourth-order valence-electron chi connectivity index (χ4n) is 3.58. The van der Waals surface area contributed by atoms with Crippen LogP contribution < -0.4 is 4.74 Å². The average molecular weight is 424 g/mol. The van der Waals surface area contributed by atoms with Gasteiger partial charge in [0.15, 0.2) is 0 Å². The summed E-state index contributed by atoms with van der Waals surface area (Å²) in [5.41, 5.74) is 1.25. The highest BCUT2D eigenvalue weighted by molar-refractivity contribution is 6.46. The Balaban J connectivity index is 1.96. The van der Waals surface area contributed by atoms with Crippen molar-refractivity contribution < 1.29 is 24.2 Å². The lowest BCUT2D eigenvalue weighted by Gasteiger charge is -2.25. The van der Waals surface area contributed by atoms with Gasteiger partial charge in [0.25, 0.3) is 11.7 Å². The fourth-order valence-corrected chi connectivity index (χ4v) is 3.58. The number of ether oxygens (including phenoxy) is 2. The zero-order valence-corrected chi connectivity index (χ0v) is 17.9. The van der Waals surface area contributed by atoms with Crippen LogP contribution in [0.5, 0.6) is 5.75 Å². The van der Waals surface area contributed by atoms with E-state index in [1.807, 2.05) is 0 Å². The van der Waals surface area contributed by atoms with E-state index in [2.05, 4.69) is 11.9 Å². The molecule has 2 heterocycles. The normalized spacial score (nSPS) is 17.9. The number of carbonyl (C=O) groups excluding carboxylic acids is 2. The zero-order chi connectivity index (χ0) is 22.2. The molecule has 1 atom stereocenters. The Hall–Kier alpha value is -3.19. The standard InChI is InChI=1S/C24H28N2O5/c1-3-4-16-31-19-8-6-18(7-9-19)22(27)20-21(17-10-12-25-13-11-17)26(14-5-15-30-2)24(29)23(20)28/h6-13,21,27H,3-5,14-16H2,1-2H3/b22-20+. The van der Waals surface area contributed by atoms with Gasteiger partial charge in [-0.05, 0) is 54.8 Å². The zero-order valence-electron chi connectivity index (χ0n) is 17.9. The van der Waals surface area contributed by atoms with E-state index in [9.17, 15) is 14.7 Å². The molecule has 1 aliphatic heterocycles. The topological polar surface area (TPSA) is 89.0 Å². The maximum atomic E-state index is 12.9. The number of nitrogens with zero attached hydrogens (tertiary/aromatic N) is 2. The van der Waals surface area contributed by atoms with Crippen LogP contribution in [0.25, 0.3) is 5.76 Å². The number of aliphatic hydroxyl groups excluding tert-OH is 1. The summed E-state index contributed by atoms with van der Waals surface area (Å²) in [6.45, 7) is 3.52. The van der Waals surface area contributed by atoms with Crippen molar-refractivity contribution >= 4 is 17.4 Å². The predicted octanol–water partition coefficient (Wildman–Crippen LogP) is 3.72. The second-order valence-electron chi connectivity index (χ2n) is 7.35. The molecule has 1 fully saturated rings. The number of unbranched alkanes of at least 4 members (excludes halogenated alkanes) is 1. The summed E-state index contributed by atoms with van der Waals surface area (Å²) in [7, 11) is 1.59. The van der Waals surface area contributed by atoms with Gasteiger partial charge in [0.2, 0.25) is 0 Å². The number of methoxy groups -OCH3 is 1. The molecule has 0 spiro atoms. The van der Waals surface area contributed by atoms with Gasteiger partial charge in [-0.25, -0.2) is 0 Å². The summed E-state index contributed by atoms with van der Waals surface area (Å²) in [4.78, 5) is 31.2. The molecule has 0 bridgehead atoms. The van der Waals surface area contributed by atoms with Crippen molar-refractivity contribution in [2.75, 3.05) is 26.9 Å². The van der Waals surface area contributed by atoms with Gasteiger partial charge in [0, 0.05) is 38.2 Å². The van der Waals surface area contributed by atoms with Gasteiger partial charge in [-0.15, -0.1) is 0 Å². The van der Waals surface area contributed by atoms with Crippen molar-refractivity contribution in [2.24, 2.45) is 0 Å². The number of hydrogen-bond acceptors (Lipinski definition) is 6. The third kappa shape index (κ3) is 5.11. The minimum atomic E-state index is -0.694. The van der Waals surface area contributed by atoms with Crippen LogP contribution in [0.3, 0.4) is 0 Å². The number of aliphatic hydroxyl groups is 1.